The van der Waals surface area contributed by atoms with E-state index in [9.17, 15) is 19.5 Å². The molecule has 10 heteroatoms. The number of carbonyl (C=O) groups is 1. The number of aromatic amines is 1. The number of hydrazone groups is 1. The highest BCUT2D eigenvalue weighted by Crippen LogP contribution is 2.38. The average molecular weight is 469 g/mol. The van der Waals surface area contributed by atoms with E-state index < -0.39 is 23.2 Å². The highest BCUT2D eigenvalue weighted by molar-refractivity contribution is 6.30. The van der Waals surface area contributed by atoms with Crippen LogP contribution in [0.25, 0.3) is 5.69 Å². The highest BCUT2D eigenvalue weighted by Gasteiger charge is 2.36. The van der Waals surface area contributed by atoms with Gasteiger partial charge in [0.15, 0.2) is 0 Å². The Morgan fingerprint density at radius 1 is 1.24 bits per heavy atom. The molecule has 0 aliphatic carbocycles. The van der Waals surface area contributed by atoms with Crippen LogP contribution in [0.15, 0.2) is 63.2 Å². The van der Waals surface area contributed by atoms with E-state index in [1.807, 2.05) is 25.1 Å². The second-order valence-corrected chi connectivity index (χ2v) is 7.81. The standard InChI is InChI=1S/C23H21ClN4O5/c1-3-33-19-10-5-4-9-16(19)18-12-17(26-28(18)13(2)29)20-21(30)25-23(32)27(22(20)31)15-8-6-7-14(24)11-15/h4-11,18,31H,3,12H2,1-2H3,(H,25,30,32)/t18-/m0/s1. The minimum atomic E-state index is -0.830. The Labute approximate surface area is 193 Å². The lowest BCUT2D eigenvalue weighted by Crippen LogP contribution is -2.33. The number of benzene rings is 2. The summed E-state index contributed by atoms with van der Waals surface area (Å²) in [5.41, 5.74) is -0.691. The molecule has 1 aliphatic rings. The van der Waals surface area contributed by atoms with Crippen LogP contribution < -0.4 is 16.0 Å². The van der Waals surface area contributed by atoms with Gasteiger partial charge in [-0.2, -0.15) is 5.10 Å². The molecule has 2 aromatic carbocycles. The number of hydrogen-bond donors (Lipinski definition) is 2. The second kappa shape index (κ2) is 8.95. The first-order valence-corrected chi connectivity index (χ1v) is 10.6. The number of halogens is 1. The number of nitrogens with one attached hydrogen (secondary N) is 1. The maximum absolute atomic E-state index is 12.7. The third kappa shape index (κ3) is 4.14. The van der Waals surface area contributed by atoms with Crippen molar-refractivity contribution < 1.29 is 14.6 Å². The van der Waals surface area contributed by atoms with Crippen LogP contribution in [0.2, 0.25) is 5.02 Å². The number of nitrogens with zero attached hydrogens (tertiary/aromatic N) is 3. The van der Waals surface area contributed by atoms with Gasteiger partial charge in [0.1, 0.15) is 11.3 Å². The van der Waals surface area contributed by atoms with Crippen LogP contribution in [-0.4, -0.2) is 37.9 Å². The summed E-state index contributed by atoms with van der Waals surface area (Å²) in [4.78, 5) is 39.8. The molecule has 0 saturated carbocycles. The molecule has 0 fully saturated rings. The average Bonchev–Trinajstić information content (AvgIpc) is 3.19. The van der Waals surface area contributed by atoms with Crippen LogP contribution in [0.1, 0.15) is 37.4 Å². The number of H-pyrrole nitrogens is 1. The molecule has 0 radical (unpaired) electrons. The lowest BCUT2D eigenvalue weighted by atomic mass is 9.98. The van der Waals surface area contributed by atoms with Gasteiger partial charge in [-0.25, -0.2) is 14.4 Å². The third-order valence-electron chi connectivity index (χ3n) is 5.25. The molecule has 9 nitrogen and oxygen atoms in total. The van der Waals surface area contributed by atoms with Gasteiger partial charge in [-0.1, -0.05) is 35.9 Å². The third-order valence-corrected chi connectivity index (χ3v) is 5.49. The molecule has 3 aromatic rings. The first-order valence-electron chi connectivity index (χ1n) is 10.3. The second-order valence-electron chi connectivity index (χ2n) is 7.37. The van der Waals surface area contributed by atoms with Crippen LogP contribution in [0.5, 0.6) is 11.6 Å². The zero-order valence-corrected chi connectivity index (χ0v) is 18.7. The van der Waals surface area contributed by atoms with Gasteiger partial charge in [0, 0.05) is 23.9 Å². The van der Waals surface area contributed by atoms with Crippen molar-refractivity contribution in [1.29, 1.82) is 0 Å². The quantitative estimate of drug-likeness (QED) is 0.597. The van der Waals surface area contributed by atoms with Crippen LogP contribution in [0.3, 0.4) is 0 Å². The number of rotatable bonds is 5. The van der Waals surface area contributed by atoms with E-state index in [4.69, 9.17) is 16.3 Å². The molecule has 4 rings (SSSR count). The summed E-state index contributed by atoms with van der Waals surface area (Å²) in [7, 11) is 0. The van der Waals surface area contributed by atoms with Crippen molar-refractivity contribution in [3.8, 4) is 17.3 Å². The molecule has 1 atom stereocenters. The fourth-order valence-corrected chi connectivity index (χ4v) is 4.06. The van der Waals surface area contributed by atoms with Gasteiger partial charge in [0.25, 0.3) is 5.56 Å². The van der Waals surface area contributed by atoms with Gasteiger partial charge in [0.2, 0.25) is 11.8 Å². The van der Waals surface area contributed by atoms with Crippen LogP contribution in [0, 0.1) is 0 Å². The minimum Gasteiger partial charge on any atom is -0.494 e. The highest BCUT2D eigenvalue weighted by atomic mass is 35.5. The van der Waals surface area contributed by atoms with Crippen molar-refractivity contribution in [2.45, 2.75) is 26.3 Å². The van der Waals surface area contributed by atoms with E-state index in [0.29, 0.717) is 22.9 Å². The number of hydrogen-bond acceptors (Lipinski definition) is 6. The Balaban J connectivity index is 1.84. The predicted octanol–water partition coefficient (Wildman–Crippen LogP) is 2.98. The van der Waals surface area contributed by atoms with Gasteiger partial charge >= 0.3 is 5.69 Å². The number of carbonyl (C=O) groups excluding carboxylic acids is 1. The molecular weight excluding hydrogens is 448 g/mol. The van der Waals surface area contributed by atoms with Crippen LogP contribution in [0.4, 0.5) is 0 Å². The summed E-state index contributed by atoms with van der Waals surface area (Å²) < 4.78 is 6.64. The zero-order chi connectivity index (χ0) is 23.7. The van der Waals surface area contributed by atoms with E-state index in [1.54, 1.807) is 24.3 Å². The fourth-order valence-electron chi connectivity index (χ4n) is 3.88. The van der Waals surface area contributed by atoms with Gasteiger partial charge in [0.05, 0.1) is 24.0 Å². The van der Waals surface area contributed by atoms with Gasteiger partial charge in [-0.15, -0.1) is 0 Å². The summed E-state index contributed by atoms with van der Waals surface area (Å²) in [6.07, 6.45) is 0.133. The minimum absolute atomic E-state index is 0.133. The van der Waals surface area contributed by atoms with Gasteiger partial charge < -0.3 is 9.84 Å². The monoisotopic (exact) mass is 468 g/mol. The number of aromatic nitrogens is 2. The Morgan fingerprint density at radius 2 is 2.00 bits per heavy atom. The van der Waals surface area contributed by atoms with Gasteiger partial charge in [-0.3, -0.25) is 14.6 Å². The Bertz CT molecular complexity index is 1380. The van der Waals surface area contributed by atoms with Crippen molar-refractivity contribution in [3.63, 3.8) is 0 Å². The summed E-state index contributed by atoms with van der Waals surface area (Å²) in [5.74, 6) is -0.345. The molecule has 0 unspecified atom stereocenters. The summed E-state index contributed by atoms with van der Waals surface area (Å²) >= 11 is 6.03. The number of para-hydroxylation sites is 1. The van der Waals surface area contributed by atoms with Crippen LogP contribution in [-0.2, 0) is 4.79 Å². The molecular formula is C23H21ClN4O5. The maximum Gasteiger partial charge on any atom is 0.335 e. The maximum atomic E-state index is 12.7. The summed E-state index contributed by atoms with van der Waals surface area (Å²) in [6, 6.07) is 13.0. The van der Waals surface area contributed by atoms with E-state index in [-0.39, 0.29) is 29.3 Å². The van der Waals surface area contributed by atoms with Crippen molar-refractivity contribution in [3.05, 3.63) is 85.5 Å². The normalized spacial score (nSPS) is 15.4. The van der Waals surface area contributed by atoms with E-state index in [2.05, 4.69) is 10.1 Å². The lowest BCUT2D eigenvalue weighted by Gasteiger charge is -2.22. The Kier molecular flexibility index (Phi) is 6.06. The van der Waals surface area contributed by atoms with Gasteiger partial charge in [-0.05, 0) is 31.2 Å². The molecule has 1 aliphatic heterocycles. The lowest BCUT2D eigenvalue weighted by molar-refractivity contribution is -0.130. The smallest absolute Gasteiger partial charge is 0.335 e. The molecule has 0 bridgehead atoms. The topological polar surface area (TPSA) is 117 Å². The van der Waals surface area contributed by atoms with E-state index in [1.165, 1.54) is 18.0 Å². The van der Waals surface area contributed by atoms with Crippen molar-refractivity contribution in [1.82, 2.24) is 14.6 Å². The molecule has 2 heterocycles. The summed E-state index contributed by atoms with van der Waals surface area (Å²) in [6.45, 7) is 3.65. The Hall–Kier alpha value is -3.85. The van der Waals surface area contributed by atoms with Crippen LogP contribution >= 0.6 is 11.6 Å². The largest absolute Gasteiger partial charge is 0.494 e. The van der Waals surface area contributed by atoms with Crippen molar-refractivity contribution in [2.75, 3.05) is 6.61 Å². The number of amides is 1. The molecule has 2 N–H and O–H groups in total. The summed E-state index contributed by atoms with van der Waals surface area (Å²) in [5, 5.41) is 16.9. The Morgan fingerprint density at radius 3 is 2.70 bits per heavy atom. The molecule has 170 valence electrons. The SMILES string of the molecule is CCOc1ccccc1[C@@H]1CC(c2c(O)n(-c3cccc(Cl)c3)c(=O)[nH]c2=O)=NN1C(C)=O. The van der Waals surface area contributed by atoms with E-state index in [0.717, 1.165) is 4.57 Å². The first kappa shape index (κ1) is 22.3. The number of aromatic hydroxyl groups is 1. The fraction of sp³-hybridized carbons (Fsp3) is 0.217. The molecule has 0 spiro atoms. The molecule has 33 heavy (non-hydrogen) atoms. The molecule has 1 aromatic heterocycles. The molecule has 1 amide bonds. The van der Waals surface area contributed by atoms with Crippen molar-refractivity contribution in [2.24, 2.45) is 5.10 Å². The predicted molar refractivity (Wildman–Crippen MR) is 123 cm³/mol. The molecule has 0 saturated heterocycles. The first-order chi connectivity index (χ1) is 15.8. The van der Waals surface area contributed by atoms with E-state index >= 15 is 0 Å². The van der Waals surface area contributed by atoms with Crippen molar-refractivity contribution >= 4 is 23.2 Å². The number of ether oxygens (including phenoxy) is 1. The zero-order valence-electron chi connectivity index (χ0n) is 17.9.